The van der Waals surface area contributed by atoms with Crippen LogP contribution in [0.1, 0.15) is 20.9 Å². The Bertz CT molecular complexity index is 900. The smallest absolute Gasteiger partial charge is 0.337 e. The summed E-state index contributed by atoms with van der Waals surface area (Å²) in [5.41, 5.74) is 0.556. The van der Waals surface area contributed by atoms with Gasteiger partial charge in [-0.25, -0.2) is 4.79 Å². The number of carboxylic acids is 1. The van der Waals surface area contributed by atoms with E-state index in [0.29, 0.717) is 5.58 Å². The lowest BCUT2D eigenvalue weighted by Gasteiger charge is -2.08. The molecule has 3 rings (SSSR count). The molecule has 5 nitrogen and oxygen atoms in total. The molecule has 23 heavy (non-hydrogen) atoms. The van der Waals surface area contributed by atoms with Crippen molar-refractivity contribution in [2.75, 3.05) is 5.32 Å². The maximum atomic E-state index is 12.3. The first kappa shape index (κ1) is 15.4. The summed E-state index contributed by atoms with van der Waals surface area (Å²) in [6.07, 6.45) is 0. The van der Waals surface area contributed by atoms with Gasteiger partial charge in [0.1, 0.15) is 5.58 Å². The molecule has 0 bridgehead atoms. The van der Waals surface area contributed by atoms with Crippen molar-refractivity contribution in [1.29, 1.82) is 0 Å². The molecule has 0 aliphatic heterocycles. The molecular weight excluding hydrogens is 341 g/mol. The Balaban J connectivity index is 1.93. The highest BCUT2D eigenvalue weighted by Crippen LogP contribution is 2.30. The van der Waals surface area contributed by atoms with E-state index in [4.69, 9.17) is 32.7 Å². The van der Waals surface area contributed by atoms with Crippen molar-refractivity contribution in [3.8, 4) is 0 Å². The molecule has 0 saturated carbocycles. The Morgan fingerprint density at radius 1 is 1.04 bits per heavy atom. The first-order chi connectivity index (χ1) is 11.0. The van der Waals surface area contributed by atoms with E-state index in [1.807, 2.05) is 12.1 Å². The van der Waals surface area contributed by atoms with Crippen molar-refractivity contribution in [3.05, 3.63) is 63.8 Å². The van der Waals surface area contributed by atoms with E-state index in [1.165, 1.54) is 12.1 Å². The zero-order chi connectivity index (χ0) is 16.6. The van der Waals surface area contributed by atoms with Crippen LogP contribution in [0.4, 0.5) is 5.69 Å². The monoisotopic (exact) mass is 349 g/mol. The van der Waals surface area contributed by atoms with E-state index in [9.17, 15) is 9.59 Å². The number of hydrogen-bond acceptors (Lipinski definition) is 3. The molecule has 1 amide bonds. The van der Waals surface area contributed by atoms with Crippen LogP contribution in [0.25, 0.3) is 11.0 Å². The Morgan fingerprint density at radius 2 is 1.78 bits per heavy atom. The van der Waals surface area contributed by atoms with Crippen molar-refractivity contribution in [3.63, 3.8) is 0 Å². The third kappa shape index (κ3) is 3.02. The maximum Gasteiger partial charge on any atom is 0.337 e. The predicted molar refractivity (Wildman–Crippen MR) is 87.6 cm³/mol. The fraction of sp³-hybridized carbons (Fsp3) is 0. The van der Waals surface area contributed by atoms with Crippen molar-refractivity contribution < 1.29 is 19.1 Å². The quantitative estimate of drug-likeness (QED) is 0.718. The number of hydrogen-bond donors (Lipinski definition) is 2. The number of fused-ring (bicyclic) bond motifs is 1. The molecule has 0 radical (unpaired) electrons. The fourth-order valence-electron chi connectivity index (χ4n) is 2.09. The molecule has 0 atom stereocenters. The number of carbonyl (C=O) groups excluding carboxylic acids is 1. The molecule has 7 heteroatoms. The number of nitrogens with one attached hydrogen (secondary N) is 1. The van der Waals surface area contributed by atoms with E-state index in [-0.39, 0.29) is 27.1 Å². The van der Waals surface area contributed by atoms with Gasteiger partial charge in [0.15, 0.2) is 5.76 Å². The highest BCUT2D eigenvalue weighted by Gasteiger charge is 2.17. The SMILES string of the molecule is O=C(Nc1cc(C(=O)O)c(Cl)cc1Cl)c1cc2ccccc2o1. The van der Waals surface area contributed by atoms with Crippen LogP contribution in [0.5, 0.6) is 0 Å². The number of carboxylic acid groups (broad SMARTS) is 1. The summed E-state index contributed by atoms with van der Waals surface area (Å²) in [6.45, 7) is 0. The molecule has 2 N–H and O–H groups in total. The van der Waals surface area contributed by atoms with Gasteiger partial charge in [-0.1, -0.05) is 41.4 Å². The number of benzene rings is 2. The summed E-state index contributed by atoms with van der Waals surface area (Å²) in [4.78, 5) is 23.4. The third-order valence-electron chi connectivity index (χ3n) is 3.18. The first-order valence-electron chi connectivity index (χ1n) is 6.48. The first-order valence-corrected chi connectivity index (χ1v) is 7.23. The van der Waals surface area contributed by atoms with Crippen molar-refractivity contribution in [2.24, 2.45) is 0 Å². The van der Waals surface area contributed by atoms with Gasteiger partial charge in [-0.2, -0.15) is 0 Å². The van der Waals surface area contributed by atoms with Crippen LogP contribution < -0.4 is 5.32 Å². The van der Waals surface area contributed by atoms with E-state index >= 15 is 0 Å². The largest absolute Gasteiger partial charge is 0.478 e. The maximum absolute atomic E-state index is 12.3. The molecule has 0 aliphatic carbocycles. The average molecular weight is 350 g/mol. The highest BCUT2D eigenvalue weighted by molar-refractivity contribution is 6.38. The van der Waals surface area contributed by atoms with Crippen LogP contribution in [0.2, 0.25) is 10.0 Å². The normalized spacial score (nSPS) is 10.7. The fourth-order valence-corrected chi connectivity index (χ4v) is 2.60. The number of para-hydroxylation sites is 1. The zero-order valence-corrected chi connectivity index (χ0v) is 13.0. The molecule has 1 heterocycles. The molecule has 116 valence electrons. The molecule has 0 saturated heterocycles. The zero-order valence-electron chi connectivity index (χ0n) is 11.5. The predicted octanol–water partition coefficient (Wildman–Crippen LogP) is 4.69. The second-order valence-electron chi connectivity index (χ2n) is 4.72. The number of amides is 1. The number of rotatable bonds is 3. The second-order valence-corrected chi connectivity index (χ2v) is 5.53. The molecular formula is C16H9Cl2NO4. The van der Waals surface area contributed by atoms with Gasteiger partial charge in [-0.15, -0.1) is 0 Å². The number of aromatic carboxylic acids is 1. The van der Waals surface area contributed by atoms with Gasteiger partial charge in [0, 0.05) is 5.39 Å². The van der Waals surface area contributed by atoms with Crippen LogP contribution >= 0.6 is 23.2 Å². The van der Waals surface area contributed by atoms with E-state index in [1.54, 1.807) is 18.2 Å². The van der Waals surface area contributed by atoms with Crippen molar-refractivity contribution >= 4 is 51.7 Å². The molecule has 0 fully saturated rings. The van der Waals surface area contributed by atoms with Crippen molar-refractivity contribution in [2.45, 2.75) is 0 Å². The molecule has 0 unspecified atom stereocenters. The average Bonchev–Trinajstić information content (AvgIpc) is 2.93. The van der Waals surface area contributed by atoms with Gasteiger partial charge in [0.25, 0.3) is 5.91 Å². The Labute approximate surface area is 140 Å². The standard InChI is InChI=1S/C16H9Cl2NO4/c17-10-7-11(18)12(6-9(10)16(21)22)19-15(20)14-5-8-3-1-2-4-13(8)23-14/h1-7H,(H,19,20)(H,21,22). The number of halogens is 2. The number of anilines is 1. The molecule has 3 aromatic rings. The van der Waals surface area contributed by atoms with Crippen LogP contribution in [0.15, 0.2) is 46.9 Å². The summed E-state index contributed by atoms with van der Waals surface area (Å²) in [5.74, 6) is -1.67. The number of carbonyl (C=O) groups is 2. The topological polar surface area (TPSA) is 79.5 Å². The molecule has 2 aromatic carbocycles. The van der Waals surface area contributed by atoms with Crippen LogP contribution in [0.3, 0.4) is 0 Å². The minimum atomic E-state index is -1.22. The Kier molecular flexibility index (Phi) is 3.98. The summed E-state index contributed by atoms with van der Waals surface area (Å²) < 4.78 is 5.45. The van der Waals surface area contributed by atoms with Crippen molar-refractivity contribution in [1.82, 2.24) is 0 Å². The van der Waals surface area contributed by atoms with E-state index < -0.39 is 11.9 Å². The number of furan rings is 1. The Morgan fingerprint density at radius 3 is 2.48 bits per heavy atom. The van der Waals surface area contributed by atoms with Gasteiger partial charge < -0.3 is 14.8 Å². The highest BCUT2D eigenvalue weighted by atomic mass is 35.5. The third-order valence-corrected chi connectivity index (χ3v) is 3.81. The summed E-state index contributed by atoms with van der Waals surface area (Å²) in [5, 5.41) is 12.5. The Hall–Kier alpha value is -2.50. The lowest BCUT2D eigenvalue weighted by molar-refractivity contribution is 0.0696. The molecule has 0 spiro atoms. The van der Waals surface area contributed by atoms with Gasteiger partial charge in [-0.3, -0.25) is 4.79 Å². The van der Waals surface area contributed by atoms with Gasteiger partial charge in [0.05, 0.1) is 21.3 Å². The lowest BCUT2D eigenvalue weighted by atomic mass is 10.2. The summed E-state index contributed by atoms with van der Waals surface area (Å²) >= 11 is 11.8. The second kappa shape index (κ2) is 5.95. The lowest BCUT2D eigenvalue weighted by Crippen LogP contribution is -2.12. The molecule has 0 aliphatic rings. The minimum absolute atomic E-state index is 0.00997. The van der Waals surface area contributed by atoms with Gasteiger partial charge in [-0.05, 0) is 24.3 Å². The van der Waals surface area contributed by atoms with Crippen LogP contribution in [-0.4, -0.2) is 17.0 Å². The van der Waals surface area contributed by atoms with Crippen LogP contribution in [0, 0.1) is 0 Å². The summed E-state index contributed by atoms with van der Waals surface area (Å²) in [6, 6.07) is 11.2. The minimum Gasteiger partial charge on any atom is -0.478 e. The van der Waals surface area contributed by atoms with E-state index in [0.717, 1.165) is 5.39 Å². The molecule has 1 aromatic heterocycles. The van der Waals surface area contributed by atoms with E-state index in [2.05, 4.69) is 5.32 Å². The van der Waals surface area contributed by atoms with Gasteiger partial charge in [0.2, 0.25) is 0 Å². The van der Waals surface area contributed by atoms with Gasteiger partial charge >= 0.3 is 5.97 Å². The summed E-state index contributed by atoms with van der Waals surface area (Å²) in [7, 11) is 0. The van der Waals surface area contributed by atoms with Crippen LogP contribution in [-0.2, 0) is 0 Å².